The number of allylic oxidation sites excluding steroid dienone is 14. The van der Waals surface area contributed by atoms with Gasteiger partial charge in [0.25, 0.3) is 6.29 Å². The lowest BCUT2D eigenvalue weighted by atomic mass is 10.1. The van der Waals surface area contributed by atoms with Crippen LogP contribution >= 0.6 is 0 Å². The van der Waals surface area contributed by atoms with E-state index in [0.29, 0.717) is 17.4 Å². The fourth-order valence-electron chi connectivity index (χ4n) is 7.36. The van der Waals surface area contributed by atoms with Crippen molar-refractivity contribution >= 4 is 17.9 Å². The molecule has 0 aromatic heterocycles. The number of carbonyl (C=O) groups is 3. The van der Waals surface area contributed by atoms with Crippen molar-refractivity contribution in [3.05, 3.63) is 85.1 Å². The van der Waals surface area contributed by atoms with Crippen LogP contribution in [-0.4, -0.2) is 87.4 Å². The van der Waals surface area contributed by atoms with Crippen molar-refractivity contribution in [3.63, 3.8) is 0 Å². The average molecular weight is 967 g/mol. The molecule has 0 rings (SSSR count). The fraction of sp³-hybridized carbons (Fsp3) is 0.717. The smallest absolute Gasteiger partial charge is 0.361 e. The summed E-state index contributed by atoms with van der Waals surface area (Å²) >= 11 is 0. The van der Waals surface area contributed by atoms with E-state index in [0.717, 1.165) is 96.3 Å². The quantitative estimate of drug-likeness (QED) is 0.0211. The predicted octanol–water partition coefficient (Wildman–Crippen LogP) is 16.0. The van der Waals surface area contributed by atoms with E-state index in [4.69, 9.17) is 18.9 Å². The number of nitrogens with zero attached hydrogens (tertiary/aromatic N) is 1. The Labute approximate surface area is 423 Å². The zero-order chi connectivity index (χ0) is 50.6. The summed E-state index contributed by atoms with van der Waals surface area (Å²) in [5, 5.41) is 9.69. The number of carboxylic acids is 1. The summed E-state index contributed by atoms with van der Waals surface area (Å²) in [4.78, 5) is 37.4. The molecule has 0 aliphatic rings. The number of rotatable bonds is 50. The van der Waals surface area contributed by atoms with Gasteiger partial charge >= 0.3 is 17.9 Å². The molecule has 0 aliphatic carbocycles. The maximum absolute atomic E-state index is 12.8. The summed E-state index contributed by atoms with van der Waals surface area (Å²) < 4.78 is 22.8. The summed E-state index contributed by atoms with van der Waals surface area (Å²) in [6.07, 6.45) is 63.6. The number of ether oxygens (including phenoxy) is 4. The molecule has 0 saturated heterocycles. The number of unbranched alkanes of at least 4 members (excludes halogenated alkanes) is 21. The number of carboxylic acid groups (broad SMARTS) is 1. The van der Waals surface area contributed by atoms with E-state index < -0.39 is 24.3 Å². The van der Waals surface area contributed by atoms with Crippen LogP contribution < -0.4 is 0 Å². The summed E-state index contributed by atoms with van der Waals surface area (Å²) in [7, 11) is 5.95. The van der Waals surface area contributed by atoms with Crippen molar-refractivity contribution in [3.8, 4) is 0 Å². The zero-order valence-corrected chi connectivity index (χ0v) is 44.9. The molecule has 0 radical (unpaired) electrons. The topological polar surface area (TPSA) is 108 Å². The van der Waals surface area contributed by atoms with Gasteiger partial charge < -0.3 is 28.5 Å². The third kappa shape index (κ3) is 52.1. The molecule has 1 N–H and O–H groups in total. The first-order valence-corrected chi connectivity index (χ1v) is 27.8. The lowest BCUT2D eigenvalue weighted by Gasteiger charge is -2.25. The van der Waals surface area contributed by atoms with E-state index in [2.05, 4.69) is 98.9 Å². The van der Waals surface area contributed by atoms with Gasteiger partial charge in [-0.1, -0.05) is 202 Å². The van der Waals surface area contributed by atoms with Gasteiger partial charge in [0, 0.05) is 12.8 Å². The summed E-state index contributed by atoms with van der Waals surface area (Å²) in [5.41, 5.74) is 0. The minimum atomic E-state index is -1.52. The molecule has 0 bridgehead atoms. The van der Waals surface area contributed by atoms with E-state index in [1.54, 1.807) is 0 Å². The highest BCUT2D eigenvalue weighted by molar-refractivity contribution is 5.71. The SMILES string of the molecule is CC/C=C\C/C=C\C/C=C\C/C=C\CCCCCCCCC(=O)OC(COC(=O)CCCCCCCCCCCC/C=C\C/C=C\C/C=C\CCCCCCC)COC(OCC[N+](C)(C)C)C(=O)O. The van der Waals surface area contributed by atoms with Gasteiger partial charge in [-0.25, -0.2) is 4.79 Å². The third-order valence-electron chi connectivity index (χ3n) is 11.6. The average Bonchev–Trinajstić information content (AvgIpc) is 3.31. The fourth-order valence-corrected chi connectivity index (χ4v) is 7.36. The van der Waals surface area contributed by atoms with Crippen LogP contribution in [-0.2, 0) is 33.3 Å². The van der Waals surface area contributed by atoms with Gasteiger partial charge in [0.1, 0.15) is 13.2 Å². The molecule has 9 heteroatoms. The first-order chi connectivity index (χ1) is 33.6. The predicted molar refractivity (Wildman–Crippen MR) is 290 cm³/mol. The van der Waals surface area contributed by atoms with Crippen LogP contribution in [0.4, 0.5) is 0 Å². The van der Waals surface area contributed by atoms with Crippen LogP contribution in [0.5, 0.6) is 0 Å². The minimum Gasteiger partial charge on any atom is -0.477 e. The number of esters is 2. The van der Waals surface area contributed by atoms with Gasteiger partial charge in [-0.3, -0.25) is 9.59 Å². The second-order valence-electron chi connectivity index (χ2n) is 19.5. The van der Waals surface area contributed by atoms with Crippen LogP contribution in [0.15, 0.2) is 85.1 Å². The highest BCUT2D eigenvalue weighted by Gasteiger charge is 2.25. The van der Waals surface area contributed by atoms with Crippen molar-refractivity contribution in [1.82, 2.24) is 0 Å². The Bertz CT molecular complexity index is 1400. The second-order valence-corrected chi connectivity index (χ2v) is 19.5. The van der Waals surface area contributed by atoms with Crippen molar-refractivity contribution in [2.75, 3.05) is 47.5 Å². The molecule has 0 aromatic rings. The Morgan fingerprint density at radius 2 is 0.826 bits per heavy atom. The third-order valence-corrected chi connectivity index (χ3v) is 11.6. The van der Waals surface area contributed by atoms with Crippen LogP contribution in [0.3, 0.4) is 0 Å². The number of likely N-dealkylation sites (N-methyl/N-ethyl adjacent to an activating group) is 1. The Kier molecular flexibility index (Phi) is 48.2. The van der Waals surface area contributed by atoms with Gasteiger partial charge in [-0.15, -0.1) is 0 Å². The van der Waals surface area contributed by atoms with Crippen LogP contribution in [0.25, 0.3) is 0 Å². The lowest BCUT2D eigenvalue weighted by Crippen LogP contribution is -2.40. The minimum absolute atomic E-state index is 0.180. The molecule has 0 amide bonds. The molecule has 2 atom stereocenters. The maximum atomic E-state index is 12.8. The van der Waals surface area contributed by atoms with Gasteiger partial charge in [-0.2, -0.15) is 0 Å². The Morgan fingerprint density at radius 3 is 1.23 bits per heavy atom. The second kappa shape index (κ2) is 50.8. The lowest BCUT2D eigenvalue weighted by molar-refractivity contribution is -0.870. The van der Waals surface area contributed by atoms with E-state index in [9.17, 15) is 19.5 Å². The Morgan fingerprint density at radius 1 is 0.449 bits per heavy atom. The van der Waals surface area contributed by atoms with E-state index in [-0.39, 0.29) is 38.6 Å². The normalized spacial score (nSPS) is 13.5. The van der Waals surface area contributed by atoms with E-state index in [1.165, 1.54) is 89.9 Å². The molecular weight excluding hydrogens is 863 g/mol. The highest BCUT2D eigenvalue weighted by atomic mass is 16.7. The molecule has 0 aliphatic heterocycles. The van der Waals surface area contributed by atoms with E-state index in [1.807, 2.05) is 21.1 Å². The standard InChI is InChI=1S/C60H103NO8/c1-6-8-10-12-14-16-18-20-22-24-26-27-28-29-30-31-33-34-36-38-40-42-44-46-48-50-57(62)67-54-56(55-68-60(59(64)65)66-53-52-61(3,4)5)69-58(63)51-49-47-45-43-41-39-37-35-32-25-23-21-19-17-15-13-11-9-7-2/h9,11,15,17-18,20-21,23-24,26,28-29,32,35,56,60H,6-8,10,12-14,16,19,22,25,27,30-31,33-34,36-55H2,1-5H3/p+1/b11-9-,17-15-,20-18-,23-21-,26-24-,29-28-,35-32-. The number of hydrogen-bond acceptors (Lipinski definition) is 7. The maximum Gasteiger partial charge on any atom is 0.361 e. The van der Waals surface area contributed by atoms with Crippen LogP contribution in [0.2, 0.25) is 0 Å². The van der Waals surface area contributed by atoms with Crippen LogP contribution in [0, 0.1) is 0 Å². The van der Waals surface area contributed by atoms with Gasteiger partial charge in [0.05, 0.1) is 34.4 Å². The molecule has 0 saturated carbocycles. The van der Waals surface area contributed by atoms with Gasteiger partial charge in [-0.05, 0) is 89.9 Å². The first kappa shape index (κ1) is 65.5. The number of quaternary nitrogens is 1. The molecule has 0 heterocycles. The van der Waals surface area contributed by atoms with Crippen molar-refractivity contribution in [1.29, 1.82) is 0 Å². The largest absolute Gasteiger partial charge is 0.477 e. The monoisotopic (exact) mass is 967 g/mol. The van der Waals surface area contributed by atoms with Crippen molar-refractivity contribution < 1.29 is 42.9 Å². The van der Waals surface area contributed by atoms with Gasteiger partial charge in [0.15, 0.2) is 6.10 Å². The zero-order valence-electron chi connectivity index (χ0n) is 44.9. The number of hydrogen-bond donors (Lipinski definition) is 1. The Balaban J connectivity index is 4.31. The molecule has 0 spiro atoms. The highest BCUT2D eigenvalue weighted by Crippen LogP contribution is 2.15. The van der Waals surface area contributed by atoms with Crippen LogP contribution in [0.1, 0.15) is 219 Å². The number of aliphatic carboxylic acids is 1. The summed E-state index contributed by atoms with van der Waals surface area (Å²) in [5.74, 6) is -2.04. The molecule has 69 heavy (non-hydrogen) atoms. The molecular formula is C60H104NO8+. The van der Waals surface area contributed by atoms with E-state index >= 15 is 0 Å². The molecule has 0 aromatic carbocycles. The van der Waals surface area contributed by atoms with Crippen molar-refractivity contribution in [2.45, 2.75) is 232 Å². The van der Waals surface area contributed by atoms with Gasteiger partial charge in [0.2, 0.25) is 0 Å². The molecule has 9 nitrogen and oxygen atoms in total. The Hall–Kier alpha value is -3.53. The number of carbonyl (C=O) groups excluding carboxylic acids is 2. The molecule has 0 fully saturated rings. The molecule has 2 unspecified atom stereocenters. The summed E-state index contributed by atoms with van der Waals surface area (Å²) in [6, 6.07) is 0. The first-order valence-electron chi connectivity index (χ1n) is 27.8. The molecule has 396 valence electrons. The van der Waals surface area contributed by atoms with Crippen molar-refractivity contribution in [2.24, 2.45) is 0 Å². The summed E-state index contributed by atoms with van der Waals surface area (Å²) in [6.45, 7) is 4.73.